The van der Waals surface area contributed by atoms with Crippen molar-refractivity contribution in [1.29, 1.82) is 0 Å². The van der Waals surface area contributed by atoms with Gasteiger partial charge in [-0.15, -0.1) is 0 Å². The second kappa shape index (κ2) is 4.80. The SMILES string of the molecule is O=C(O)C=CCOC(F)(F)C(F)F. The number of aliphatic carboxylic acids is 1. The van der Waals surface area contributed by atoms with Crippen LogP contribution in [0.4, 0.5) is 17.6 Å². The third kappa shape index (κ3) is 5.18. The summed E-state index contributed by atoms with van der Waals surface area (Å²) in [6.07, 6.45) is -7.26. The zero-order chi connectivity index (χ0) is 10.5. The number of alkyl halides is 4. The van der Waals surface area contributed by atoms with Gasteiger partial charge in [-0.2, -0.15) is 8.78 Å². The molecule has 0 aromatic carbocycles. The summed E-state index contributed by atoms with van der Waals surface area (Å²) in [5, 5.41) is 7.97. The molecule has 0 rings (SSSR count). The number of halogens is 4. The number of carbonyl (C=O) groups is 1. The first-order chi connectivity index (χ1) is 5.86. The molecule has 0 aliphatic carbocycles. The molecule has 0 saturated heterocycles. The Bertz CT molecular complexity index is 202. The van der Waals surface area contributed by atoms with Crippen LogP contribution in [0.3, 0.4) is 0 Å². The topological polar surface area (TPSA) is 46.5 Å². The van der Waals surface area contributed by atoms with Crippen LogP contribution >= 0.6 is 0 Å². The molecule has 0 aromatic rings. The van der Waals surface area contributed by atoms with Gasteiger partial charge in [0.05, 0.1) is 6.61 Å². The van der Waals surface area contributed by atoms with Crippen LogP contribution in [0.25, 0.3) is 0 Å². The van der Waals surface area contributed by atoms with E-state index in [0.29, 0.717) is 12.2 Å². The highest BCUT2D eigenvalue weighted by Gasteiger charge is 2.41. The average Bonchev–Trinajstić information content (AvgIpc) is 1.97. The Morgan fingerprint density at radius 1 is 1.54 bits per heavy atom. The van der Waals surface area contributed by atoms with Crippen LogP contribution in [0.1, 0.15) is 0 Å². The highest BCUT2D eigenvalue weighted by Crippen LogP contribution is 2.23. The van der Waals surface area contributed by atoms with E-state index in [4.69, 9.17) is 5.11 Å². The van der Waals surface area contributed by atoms with Crippen molar-refractivity contribution in [2.24, 2.45) is 0 Å². The third-order valence-corrected chi connectivity index (χ3v) is 0.886. The Morgan fingerprint density at radius 2 is 2.08 bits per heavy atom. The van der Waals surface area contributed by atoms with Gasteiger partial charge < -0.3 is 9.84 Å². The quantitative estimate of drug-likeness (QED) is 0.542. The van der Waals surface area contributed by atoms with E-state index in [9.17, 15) is 22.4 Å². The first-order valence-electron chi connectivity index (χ1n) is 3.05. The predicted octanol–water partition coefficient (Wildman–Crippen LogP) is 1.50. The molecule has 13 heavy (non-hydrogen) atoms. The molecule has 0 atom stereocenters. The fourth-order valence-electron chi connectivity index (χ4n) is 0.371. The Kier molecular flexibility index (Phi) is 4.39. The van der Waals surface area contributed by atoms with Crippen LogP contribution in [-0.4, -0.2) is 30.2 Å². The molecule has 0 heterocycles. The lowest BCUT2D eigenvalue weighted by atomic mass is 10.5. The molecule has 1 N–H and O–H groups in total. The van der Waals surface area contributed by atoms with Crippen molar-refractivity contribution in [2.45, 2.75) is 12.5 Å². The van der Waals surface area contributed by atoms with Crippen molar-refractivity contribution in [3.8, 4) is 0 Å². The van der Waals surface area contributed by atoms with E-state index in [1.54, 1.807) is 0 Å². The smallest absolute Gasteiger partial charge is 0.416 e. The van der Waals surface area contributed by atoms with Gasteiger partial charge in [-0.05, 0) is 0 Å². The van der Waals surface area contributed by atoms with Crippen LogP contribution in [0, 0.1) is 0 Å². The Morgan fingerprint density at radius 3 is 2.46 bits per heavy atom. The van der Waals surface area contributed by atoms with Gasteiger partial charge in [-0.25, -0.2) is 13.6 Å². The molecule has 0 aliphatic rings. The van der Waals surface area contributed by atoms with Gasteiger partial charge in [0.2, 0.25) is 0 Å². The van der Waals surface area contributed by atoms with Gasteiger partial charge in [-0.3, -0.25) is 0 Å². The first-order valence-corrected chi connectivity index (χ1v) is 3.05. The Labute approximate surface area is 70.6 Å². The molecule has 0 spiro atoms. The van der Waals surface area contributed by atoms with Crippen LogP contribution < -0.4 is 0 Å². The largest absolute Gasteiger partial charge is 0.478 e. The van der Waals surface area contributed by atoms with Gasteiger partial charge in [0.1, 0.15) is 0 Å². The number of carboxylic acid groups (broad SMARTS) is 1. The molecule has 0 aliphatic heterocycles. The second-order valence-corrected chi connectivity index (χ2v) is 1.91. The number of hydrogen-bond acceptors (Lipinski definition) is 2. The maximum absolute atomic E-state index is 11.9. The van der Waals surface area contributed by atoms with Crippen molar-refractivity contribution in [3.63, 3.8) is 0 Å². The van der Waals surface area contributed by atoms with E-state index in [0.717, 1.165) is 0 Å². The van der Waals surface area contributed by atoms with Crippen LogP contribution in [0.15, 0.2) is 12.2 Å². The summed E-state index contributed by atoms with van der Waals surface area (Å²) in [5.74, 6) is -1.37. The van der Waals surface area contributed by atoms with Crippen molar-refractivity contribution in [3.05, 3.63) is 12.2 Å². The summed E-state index contributed by atoms with van der Waals surface area (Å²) < 4.78 is 50.0. The number of rotatable bonds is 5. The van der Waals surface area contributed by atoms with E-state index in [1.807, 2.05) is 0 Å². The van der Waals surface area contributed by atoms with Gasteiger partial charge in [0.25, 0.3) is 0 Å². The second-order valence-electron chi connectivity index (χ2n) is 1.91. The summed E-state index contributed by atoms with van der Waals surface area (Å²) in [4.78, 5) is 9.78. The van der Waals surface area contributed by atoms with Gasteiger partial charge in [0, 0.05) is 6.08 Å². The number of carboxylic acids is 1. The molecular weight excluding hydrogens is 196 g/mol. The van der Waals surface area contributed by atoms with E-state index in [2.05, 4.69) is 4.74 Å². The van der Waals surface area contributed by atoms with Crippen molar-refractivity contribution in [1.82, 2.24) is 0 Å². The molecule has 76 valence electrons. The lowest BCUT2D eigenvalue weighted by Crippen LogP contribution is -2.30. The summed E-state index contributed by atoms with van der Waals surface area (Å²) in [5.41, 5.74) is 0. The van der Waals surface area contributed by atoms with Crippen molar-refractivity contribution in [2.75, 3.05) is 6.61 Å². The van der Waals surface area contributed by atoms with E-state index in [-0.39, 0.29) is 0 Å². The molecule has 0 bridgehead atoms. The normalized spacial score (nSPS) is 12.7. The molecular formula is C6H6F4O3. The highest BCUT2D eigenvalue weighted by molar-refractivity contribution is 5.79. The Hall–Kier alpha value is -1.11. The maximum Gasteiger partial charge on any atom is 0.416 e. The van der Waals surface area contributed by atoms with E-state index >= 15 is 0 Å². The molecule has 0 fully saturated rings. The molecule has 0 aromatic heterocycles. The fraction of sp³-hybridized carbons (Fsp3) is 0.500. The van der Waals surface area contributed by atoms with Crippen LogP contribution in [0.2, 0.25) is 0 Å². The standard InChI is InChI=1S/C6H6F4O3/c7-5(8)6(9,10)13-3-1-2-4(11)12/h1-2,5H,3H2,(H,11,12). The number of hydrogen-bond donors (Lipinski definition) is 1. The molecule has 7 heteroatoms. The zero-order valence-corrected chi connectivity index (χ0v) is 6.21. The lowest BCUT2D eigenvalue weighted by Gasteiger charge is -2.13. The minimum Gasteiger partial charge on any atom is -0.478 e. The predicted molar refractivity (Wildman–Crippen MR) is 33.7 cm³/mol. The number of ether oxygens (including phenoxy) is 1. The van der Waals surface area contributed by atoms with Gasteiger partial charge in [0.15, 0.2) is 0 Å². The molecule has 0 radical (unpaired) electrons. The monoisotopic (exact) mass is 202 g/mol. The lowest BCUT2D eigenvalue weighted by molar-refractivity contribution is -0.295. The maximum atomic E-state index is 11.9. The van der Waals surface area contributed by atoms with Gasteiger partial charge >= 0.3 is 18.5 Å². The highest BCUT2D eigenvalue weighted by atomic mass is 19.3. The van der Waals surface area contributed by atoms with Crippen LogP contribution in [0.5, 0.6) is 0 Å². The molecule has 0 saturated carbocycles. The summed E-state index contributed by atoms with van der Waals surface area (Å²) >= 11 is 0. The van der Waals surface area contributed by atoms with Crippen molar-refractivity contribution < 1.29 is 32.2 Å². The van der Waals surface area contributed by atoms with Crippen LogP contribution in [-0.2, 0) is 9.53 Å². The molecule has 3 nitrogen and oxygen atoms in total. The molecule has 0 amide bonds. The van der Waals surface area contributed by atoms with E-state index < -0.39 is 25.1 Å². The van der Waals surface area contributed by atoms with Crippen molar-refractivity contribution >= 4 is 5.97 Å². The Balaban J connectivity index is 3.82. The third-order valence-electron chi connectivity index (χ3n) is 0.886. The van der Waals surface area contributed by atoms with E-state index in [1.165, 1.54) is 0 Å². The minimum absolute atomic E-state index is 0.515. The first kappa shape index (κ1) is 11.9. The summed E-state index contributed by atoms with van der Waals surface area (Å²) in [7, 11) is 0. The average molecular weight is 202 g/mol. The fourth-order valence-corrected chi connectivity index (χ4v) is 0.371. The molecule has 0 unspecified atom stereocenters. The minimum atomic E-state index is -4.54. The summed E-state index contributed by atoms with van der Waals surface area (Å²) in [6, 6.07) is 0. The zero-order valence-electron chi connectivity index (χ0n) is 6.21. The van der Waals surface area contributed by atoms with Gasteiger partial charge in [-0.1, -0.05) is 6.08 Å². The summed E-state index contributed by atoms with van der Waals surface area (Å²) in [6.45, 7) is -0.885.